The largest absolute Gasteiger partial charge is 0.307 e. The first kappa shape index (κ1) is 18.8. The van der Waals surface area contributed by atoms with Crippen molar-refractivity contribution >= 4 is 21.6 Å². The van der Waals surface area contributed by atoms with Crippen molar-refractivity contribution in [2.75, 3.05) is 11.6 Å². The van der Waals surface area contributed by atoms with Crippen LogP contribution in [0.1, 0.15) is 27.0 Å². The number of carbonyl (C=O) groups excluding carboxylic acids is 1. The van der Waals surface area contributed by atoms with Crippen molar-refractivity contribution in [1.82, 2.24) is 9.78 Å². The van der Waals surface area contributed by atoms with Crippen LogP contribution >= 0.6 is 0 Å². The summed E-state index contributed by atoms with van der Waals surface area (Å²) in [5.41, 5.74) is 3.34. The molecule has 0 aliphatic heterocycles. The fourth-order valence-corrected chi connectivity index (χ4v) is 3.46. The van der Waals surface area contributed by atoms with E-state index in [1.165, 1.54) is 12.1 Å². The number of sulfone groups is 1. The first-order valence-electron chi connectivity index (χ1n) is 8.43. The fraction of sp³-hybridized carbons (Fsp3) is 0.200. The van der Waals surface area contributed by atoms with E-state index >= 15 is 0 Å². The third-order valence-corrected chi connectivity index (χ3v) is 5.30. The van der Waals surface area contributed by atoms with Crippen molar-refractivity contribution in [3.8, 4) is 0 Å². The Morgan fingerprint density at radius 3 is 2.56 bits per heavy atom. The van der Waals surface area contributed by atoms with Crippen LogP contribution in [0.5, 0.6) is 0 Å². The summed E-state index contributed by atoms with van der Waals surface area (Å²) in [6.07, 6.45) is 2.81. The second-order valence-electron chi connectivity index (χ2n) is 6.58. The van der Waals surface area contributed by atoms with Gasteiger partial charge in [-0.25, -0.2) is 13.1 Å². The molecule has 7 heteroatoms. The van der Waals surface area contributed by atoms with Crippen LogP contribution in [0.2, 0.25) is 0 Å². The third-order valence-electron chi connectivity index (χ3n) is 4.19. The van der Waals surface area contributed by atoms with Gasteiger partial charge in [-0.15, -0.1) is 0 Å². The molecule has 0 radical (unpaired) electrons. The normalized spacial score (nSPS) is 11.4. The molecule has 0 saturated carbocycles. The molecule has 0 aliphatic rings. The minimum atomic E-state index is -3.38. The lowest BCUT2D eigenvalue weighted by molar-refractivity contribution is 0.102. The van der Waals surface area contributed by atoms with Gasteiger partial charge in [-0.3, -0.25) is 4.79 Å². The summed E-state index contributed by atoms with van der Waals surface area (Å²) in [4.78, 5) is 12.8. The Balaban J connectivity index is 1.86. The van der Waals surface area contributed by atoms with Crippen LogP contribution in [0.25, 0.3) is 0 Å². The minimum absolute atomic E-state index is 0.111. The number of nitrogens with zero attached hydrogens (tertiary/aromatic N) is 2. The molecular formula is C20H21N3O3S. The van der Waals surface area contributed by atoms with Crippen LogP contribution in [-0.4, -0.2) is 30.4 Å². The summed E-state index contributed by atoms with van der Waals surface area (Å²) in [5.74, 6) is 0.209. The van der Waals surface area contributed by atoms with E-state index in [1.807, 2.05) is 32.0 Å². The van der Waals surface area contributed by atoms with Crippen molar-refractivity contribution in [2.24, 2.45) is 0 Å². The zero-order valence-electron chi connectivity index (χ0n) is 15.4. The second kappa shape index (κ2) is 7.36. The maximum atomic E-state index is 12.7. The van der Waals surface area contributed by atoms with Crippen molar-refractivity contribution < 1.29 is 13.2 Å². The molecule has 0 spiro atoms. The Hall–Kier alpha value is -2.93. The lowest BCUT2D eigenvalue weighted by atomic mass is 10.1. The number of carbonyl (C=O) groups is 1. The van der Waals surface area contributed by atoms with Crippen molar-refractivity contribution in [2.45, 2.75) is 25.3 Å². The number of hydrogen-bond donors (Lipinski definition) is 1. The maximum Gasteiger partial charge on any atom is 0.256 e. The summed E-state index contributed by atoms with van der Waals surface area (Å²) in [5, 5.41) is 7.21. The average Bonchev–Trinajstić information content (AvgIpc) is 2.94. The Labute approximate surface area is 158 Å². The summed E-state index contributed by atoms with van der Waals surface area (Å²) < 4.78 is 25.2. The van der Waals surface area contributed by atoms with Gasteiger partial charge in [0.1, 0.15) is 5.82 Å². The van der Waals surface area contributed by atoms with E-state index in [2.05, 4.69) is 16.5 Å². The number of amides is 1. The highest BCUT2D eigenvalue weighted by molar-refractivity contribution is 7.90. The Kier molecular flexibility index (Phi) is 5.14. The number of rotatable bonds is 5. The highest BCUT2D eigenvalue weighted by Crippen LogP contribution is 2.19. The standard InChI is InChI=1S/C20H21N3O3S/c1-14-6-4-7-16(10-14)13-23-19(15(2)12-21-23)22-20(24)17-8-5-9-18(11-17)27(3,25)26/h4-12H,13H2,1-3H3,(H,22,24). The lowest BCUT2D eigenvalue weighted by Gasteiger charge is -2.11. The van der Waals surface area contributed by atoms with E-state index in [4.69, 9.17) is 0 Å². The first-order chi connectivity index (χ1) is 12.7. The predicted octanol–water partition coefficient (Wildman–Crippen LogP) is 3.20. The van der Waals surface area contributed by atoms with E-state index in [-0.39, 0.29) is 16.4 Å². The van der Waals surface area contributed by atoms with E-state index in [0.717, 1.165) is 22.9 Å². The third kappa shape index (κ3) is 4.43. The lowest BCUT2D eigenvalue weighted by Crippen LogP contribution is -2.17. The smallest absolute Gasteiger partial charge is 0.256 e. The Morgan fingerprint density at radius 2 is 1.85 bits per heavy atom. The Morgan fingerprint density at radius 1 is 1.11 bits per heavy atom. The van der Waals surface area contributed by atoms with Crippen molar-refractivity contribution in [3.63, 3.8) is 0 Å². The molecule has 1 aromatic heterocycles. The molecule has 0 atom stereocenters. The van der Waals surface area contributed by atoms with Gasteiger partial charge < -0.3 is 5.32 Å². The minimum Gasteiger partial charge on any atom is -0.307 e. The van der Waals surface area contributed by atoms with Crippen molar-refractivity contribution in [3.05, 3.63) is 77.0 Å². The van der Waals surface area contributed by atoms with Crippen LogP contribution in [-0.2, 0) is 16.4 Å². The fourth-order valence-electron chi connectivity index (χ4n) is 2.79. The number of anilines is 1. The van der Waals surface area contributed by atoms with E-state index in [1.54, 1.807) is 23.0 Å². The molecule has 6 nitrogen and oxygen atoms in total. The molecule has 0 saturated heterocycles. The molecule has 3 rings (SSSR count). The molecule has 3 aromatic rings. The van der Waals surface area contributed by atoms with Gasteiger partial charge in [0.05, 0.1) is 17.6 Å². The second-order valence-corrected chi connectivity index (χ2v) is 8.59. The van der Waals surface area contributed by atoms with Gasteiger partial charge in [-0.2, -0.15) is 5.10 Å². The van der Waals surface area contributed by atoms with Crippen LogP contribution in [0, 0.1) is 13.8 Å². The monoisotopic (exact) mass is 383 g/mol. The number of hydrogen-bond acceptors (Lipinski definition) is 4. The average molecular weight is 383 g/mol. The molecule has 0 unspecified atom stereocenters. The van der Waals surface area contributed by atoms with Gasteiger partial charge in [-0.05, 0) is 37.6 Å². The molecule has 0 aliphatic carbocycles. The van der Waals surface area contributed by atoms with Crippen LogP contribution < -0.4 is 5.32 Å². The van der Waals surface area contributed by atoms with Gasteiger partial charge in [0, 0.05) is 17.4 Å². The number of benzene rings is 2. The molecule has 27 heavy (non-hydrogen) atoms. The summed E-state index contributed by atoms with van der Waals surface area (Å²) in [6, 6.07) is 14.1. The van der Waals surface area contributed by atoms with Crippen LogP contribution in [0.3, 0.4) is 0 Å². The number of nitrogens with one attached hydrogen (secondary N) is 1. The molecule has 0 fully saturated rings. The van der Waals surface area contributed by atoms with E-state index in [0.29, 0.717) is 12.4 Å². The highest BCUT2D eigenvalue weighted by atomic mass is 32.2. The SMILES string of the molecule is Cc1cccc(Cn2ncc(C)c2NC(=O)c2cccc(S(C)(=O)=O)c2)c1. The van der Waals surface area contributed by atoms with E-state index in [9.17, 15) is 13.2 Å². The molecule has 0 bridgehead atoms. The zero-order valence-corrected chi connectivity index (χ0v) is 16.2. The summed E-state index contributed by atoms with van der Waals surface area (Å²) in [6.45, 7) is 4.41. The highest BCUT2D eigenvalue weighted by Gasteiger charge is 2.15. The summed E-state index contributed by atoms with van der Waals surface area (Å²) >= 11 is 0. The zero-order chi connectivity index (χ0) is 19.6. The molecular weight excluding hydrogens is 362 g/mol. The van der Waals surface area contributed by atoms with Gasteiger partial charge in [0.25, 0.3) is 5.91 Å². The van der Waals surface area contributed by atoms with Gasteiger partial charge in [0.2, 0.25) is 0 Å². The first-order valence-corrected chi connectivity index (χ1v) is 10.3. The molecule has 140 valence electrons. The number of aryl methyl sites for hydroxylation is 2. The molecule has 1 heterocycles. The van der Waals surface area contributed by atoms with Crippen LogP contribution in [0.4, 0.5) is 5.82 Å². The van der Waals surface area contributed by atoms with Crippen LogP contribution in [0.15, 0.2) is 59.6 Å². The Bertz CT molecular complexity index is 1100. The van der Waals surface area contributed by atoms with Gasteiger partial charge in [-0.1, -0.05) is 35.9 Å². The van der Waals surface area contributed by atoms with Gasteiger partial charge in [0.15, 0.2) is 9.84 Å². The predicted molar refractivity (Wildman–Crippen MR) is 105 cm³/mol. The summed E-state index contributed by atoms with van der Waals surface area (Å²) in [7, 11) is -3.38. The molecule has 2 aromatic carbocycles. The van der Waals surface area contributed by atoms with Crippen molar-refractivity contribution in [1.29, 1.82) is 0 Å². The topological polar surface area (TPSA) is 81.1 Å². The van der Waals surface area contributed by atoms with Gasteiger partial charge >= 0.3 is 0 Å². The molecule has 1 N–H and O–H groups in total. The van der Waals surface area contributed by atoms with E-state index < -0.39 is 9.84 Å². The number of aromatic nitrogens is 2. The molecule has 1 amide bonds. The quantitative estimate of drug-likeness (QED) is 0.734. The maximum absolute atomic E-state index is 12.7.